The molecule has 1 atom stereocenters. The van der Waals surface area contributed by atoms with Gasteiger partial charge in [0, 0.05) is 13.1 Å². The van der Waals surface area contributed by atoms with Crippen molar-refractivity contribution in [3.8, 4) is 0 Å². The second-order valence-electron chi connectivity index (χ2n) is 5.60. The van der Waals surface area contributed by atoms with Crippen molar-refractivity contribution < 1.29 is 19.5 Å². The van der Waals surface area contributed by atoms with Crippen LogP contribution in [-0.4, -0.2) is 62.6 Å². The van der Waals surface area contributed by atoms with E-state index in [1.54, 1.807) is 0 Å². The van der Waals surface area contributed by atoms with Crippen LogP contribution in [0.4, 0.5) is 0 Å². The van der Waals surface area contributed by atoms with E-state index >= 15 is 0 Å². The summed E-state index contributed by atoms with van der Waals surface area (Å²) >= 11 is 0. The molecule has 0 saturated carbocycles. The second-order valence-corrected chi connectivity index (χ2v) is 17.6. The van der Waals surface area contributed by atoms with Gasteiger partial charge in [-0.1, -0.05) is 26.2 Å². The van der Waals surface area contributed by atoms with Crippen LogP contribution >= 0.6 is 0 Å². The van der Waals surface area contributed by atoms with Crippen molar-refractivity contribution in [3.05, 3.63) is 12.7 Å². The van der Waals surface area contributed by atoms with Gasteiger partial charge in [-0.2, -0.15) is 0 Å². The first kappa shape index (κ1) is 18.4. The molecule has 0 aliphatic rings. The van der Waals surface area contributed by atoms with E-state index in [-0.39, 0.29) is 19.1 Å². The zero-order valence-corrected chi connectivity index (χ0v) is 14.1. The lowest BCUT2D eigenvalue weighted by Crippen LogP contribution is -2.40. The van der Waals surface area contributed by atoms with Crippen molar-refractivity contribution >= 4 is 21.7 Å². The summed E-state index contributed by atoms with van der Waals surface area (Å²) in [6, 6.07) is 0.635. The molecular formula is C12H25NO4Si2. The smallest absolute Gasteiger partial charge is 0.255 e. The minimum atomic E-state index is -1.57. The number of nitrogens with zero attached hydrogens (tertiary/aromatic N) is 1. The quantitative estimate of drug-likeness (QED) is 0.482. The minimum Gasteiger partial charge on any atom is -0.394 e. The molecule has 0 radical (unpaired) electrons. The molecule has 0 rings (SSSR count). The topological polar surface area (TPSA) is 77.8 Å². The van der Waals surface area contributed by atoms with Gasteiger partial charge in [0.1, 0.15) is 7.59 Å². The Bertz CT molecular complexity index is 328. The lowest BCUT2D eigenvalue weighted by molar-refractivity contribution is -0.127. The van der Waals surface area contributed by atoms with Crippen molar-refractivity contribution in [2.24, 2.45) is 0 Å². The van der Waals surface area contributed by atoms with Crippen molar-refractivity contribution in [1.29, 1.82) is 0 Å². The molecule has 1 unspecified atom stereocenters. The number of hydrogen-bond donors (Lipinski definition) is 2. The first-order chi connectivity index (χ1) is 8.72. The van der Waals surface area contributed by atoms with Crippen LogP contribution in [0.3, 0.4) is 0 Å². The fraction of sp³-hybridized carbons (Fsp3) is 0.750. The summed E-state index contributed by atoms with van der Waals surface area (Å²) < 4.78 is 12.0. The Morgan fingerprint density at radius 3 is 2.47 bits per heavy atom. The molecule has 0 aromatic rings. The van der Waals surface area contributed by atoms with Crippen LogP contribution < -0.4 is 0 Å². The lowest BCUT2D eigenvalue weighted by atomic mass is 10.3. The van der Waals surface area contributed by atoms with Crippen LogP contribution in [-0.2, 0) is 9.26 Å². The van der Waals surface area contributed by atoms with Gasteiger partial charge in [-0.15, -0.1) is 0 Å². The van der Waals surface area contributed by atoms with Crippen molar-refractivity contribution in [2.75, 3.05) is 19.7 Å². The van der Waals surface area contributed by atoms with E-state index in [0.29, 0.717) is 19.0 Å². The van der Waals surface area contributed by atoms with Crippen LogP contribution in [0.2, 0.25) is 25.7 Å². The second kappa shape index (κ2) is 8.52. The Morgan fingerprint density at radius 2 is 2.05 bits per heavy atom. The number of hydrogen-bond acceptors (Lipinski definition) is 4. The number of aliphatic hydroxyl groups is 2. The Kier molecular flexibility index (Phi) is 8.23. The summed E-state index contributed by atoms with van der Waals surface area (Å²) in [5.74, 6) is -0.278. The maximum absolute atomic E-state index is 12.0. The van der Waals surface area contributed by atoms with E-state index in [4.69, 9.17) is 5.11 Å². The molecule has 0 aromatic carbocycles. The van der Waals surface area contributed by atoms with E-state index in [2.05, 4.69) is 26.2 Å². The van der Waals surface area contributed by atoms with Gasteiger partial charge in [0.25, 0.3) is 8.20 Å². The van der Waals surface area contributed by atoms with Gasteiger partial charge in [0.15, 0.2) is 0 Å². The molecule has 0 aliphatic carbocycles. The molecule has 2 N–H and O–H groups in total. The molecule has 0 fully saturated rings. The van der Waals surface area contributed by atoms with E-state index in [0.717, 1.165) is 0 Å². The van der Waals surface area contributed by atoms with Gasteiger partial charge in [0.05, 0.1) is 12.7 Å². The monoisotopic (exact) mass is 303 g/mol. The molecule has 110 valence electrons. The minimum absolute atomic E-state index is 0.0786. The van der Waals surface area contributed by atoms with Crippen LogP contribution in [0.25, 0.3) is 0 Å². The lowest BCUT2D eigenvalue weighted by Gasteiger charge is -2.23. The molecule has 0 saturated heterocycles. The predicted octanol–water partition coefficient (Wildman–Crippen LogP) is 0.583. The Morgan fingerprint density at radius 1 is 1.47 bits per heavy atom. The number of amides is 1. The van der Waals surface area contributed by atoms with E-state index < -0.39 is 21.9 Å². The fourth-order valence-electron chi connectivity index (χ4n) is 1.54. The molecule has 0 spiro atoms. The van der Waals surface area contributed by atoms with Crippen LogP contribution in [0, 0.1) is 0 Å². The zero-order valence-electron chi connectivity index (χ0n) is 12.1. The largest absolute Gasteiger partial charge is 0.394 e. The van der Waals surface area contributed by atoms with Gasteiger partial charge in [0.2, 0.25) is 5.91 Å². The van der Waals surface area contributed by atoms with Crippen molar-refractivity contribution in [1.82, 2.24) is 4.90 Å². The standard InChI is InChI=1S/C12H25NO4Si2/c1-5-12(16)13(9-11(15)10-14)7-6-8-18(17)19(2,3)4/h5,11,14-15H,1,6-10H2,2-4H3. The SMILES string of the molecule is C=CC(=O)N(CCC[Si](=O)[Si](C)(C)C)CC(O)CO. The maximum atomic E-state index is 12.0. The Labute approximate surface area is 117 Å². The van der Waals surface area contributed by atoms with E-state index in [1.807, 2.05) is 0 Å². The summed E-state index contributed by atoms with van der Waals surface area (Å²) in [7, 11) is -3.13. The fourth-order valence-corrected chi connectivity index (χ4v) is 5.55. The normalized spacial score (nSPS) is 12.9. The Hall–Kier alpha value is -0.636. The van der Waals surface area contributed by atoms with Crippen LogP contribution in [0.15, 0.2) is 12.7 Å². The summed E-state index contributed by atoms with van der Waals surface area (Å²) in [4.78, 5) is 13.0. The summed E-state index contributed by atoms with van der Waals surface area (Å²) in [5, 5.41) is 18.2. The molecule has 19 heavy (non-hydrogen) atoms. The third-order valence-electron chi connectivity index (χ3n) is 2.80. The molecule has 0 bridgehead atoms. The Balaban J connectivity index is 4.31. The average Bonchev–Trinajstić information content (AvgIpc) is 2.34. The van der Waals surface area contributed by atoms with Crippen LogP contribution in [0.5, 0.6) is 0 Å². The number of rotatable bonds is 9. The first-order valence-electron chi connectivity index (χ1n) is 6.46. The molecule has 7 heteroatoms. The van der Waals surface area contributed by atoms with Gasteiger partial charge in [-0.05, 0) is 18.5 Å². The number of carbonyl (C=O) groups excluding carboxylic acids is 1. The highest BCUT2D eigenvalue weighted by Gasteiger charge is 2.26. The third-order valence-corrected chi connectivity index (χ3v) is 11.0. The number of aliphatic hydroxyl groups excluding tert-OH is 2. The van der Waals surface area contributed by atoms with Gasteiger partial charge in [-0.25, -0.2) is 0 Å². The molecule has 1 amide bonds. The average molecular weight is 304 g/mol. The zero-order chi connectivity index (χ0) is 15.1. The molecule has 0 aromatic heterocycles. The van der Waals surface area contributed by atoms with Gasteiger partial charge >= 0.3 is 0 Å². The maximum Gasteiger partial charge on any atom is 0.255 e. The predicted molar refractivity (Wildman–Crippen MR) is 79.1 cm³/mol. The summed E-state index contributed by atoms with van der Waals surface area (Å²) in [6.45, 7) is 9.78. The van der Waals surface area contributed by atoms with Gasteiger partial charge < -0.3 is 19.6 Å². The highest BCUT2D eigenvalue weighted by Crippen LogP contribution is 2.08. The van der Waals surface area contributed by atoms with Gasteiger partial charge in [-0.3, -0.25) is 4.79 Å². The highest BCUT2D eigenvalue weighted by molar-refractivity contribution is 7.25. The molecular weight excluding hydrogens is 278 g/mol. The molecule has 0 aliphatic heterocycles. The third kappa shape index (κ3) is 7.51. The van der Waals surface area contributed by atoms with Crippen molar-refractivity contribution in [2.45, 2.75) is 38.2 Å². The molecule has 0 heterocycles. The highest BCUT2D eigenvalue weighted by atomic mass is 29.2. The van der Waals surface area contributed by atoms with E-state index in [1.165, 1.54) is 11.0 Å². The van der Waals surface area contributed by atoms with Crippen LogP contribution in [0.1, 0.15) is 6.42 Å². The van der Waals surface area contributed by atoms with Crippen molar-refractivity contribution in [3.63, 3.8) is 0 Å². The first-order valence-corrected chi connectivity index (χ1v) is 12.6. The van der Waals surface area contributed by atoms with E-state index in [9.17, 15) is 14.4 Å². The molecule has 5 nitrogen and oxygen atoms in total. The number of carbonyl (C=O) groups is 1. The summed E-state index contributed by atoms with van der Waals surface area (Å²) in [5.41, 5.74) is 0. The summed E-state index contributed by atoms with van der Waals surface area (Å²) in [6.07, 6.45) is 0.892.